The van der Waals surface area contributed by atoms with Crippen molar-refractivity contribution >= 4 is 18.0 Å². The Labute approximate surface area is 204 Å². The van der Waals surface area contributed by atoms with E-state index in [4.69, 9.17) is 4.74 Å². The standard InChI is InChI=1S/C28H30N2O5/c31-25(29-17-12-16-13-28(16,14-17)26(32)33)22-10-5-11-24(22)30-27(34)35-15-23-20-8-3-1-6-18(20)19-7-2-4-9-21(19)23/h1-4,6-9,16-17,22-24H,5,10-15H2,(H,29,31)(H,30,34)(H,32,33)/t16-,17+,22?,24?,28+/m1/s1. The van der Waals surface area contributed by atoms with E-state index in [-0.39, 0.29) is 42.4 Å². The Morgan fingerprint density at radius 3 is 2.29 bits per heavy atom. The maximum atomic E-state index is 13.0. The molecule has 7 heteroatoms. The number of carboxylic acid groups (broad SMARTS) is 1. The lowest BCUT2D eigenvalue weighted by Gasteiger charge is -2.24. The van der Waals surface area contributed by atoms with Gasteiger partial charge in [-0.1, -0.05) is 55.0 Å². The number of aliphatic carboxylic acids is 1. The summed E-state index contributed by atoms with van der Waals surface area (Å²) in [5, 5.41) is 15.5. The van der Waals surface area contributed by atoms with Gasteiger partial charge in [-0.2, -0.15) is 0 Å². The fourth-order valence-electron chi connectivity index (χ4n) is 6.81. The van der Waals surface area contributed by atoms with Crippen LogP contribution in [0.5, 0.6) is 0 Å². The number of nitrogens with one attached hydrogen (secondary N) is 2. The highest BCUT2D eigenvalue weighted by molar-refractivity contribution is 5.83. The van der Waals surface area contributed by atoms with Gasteiger partial charge >= 0.3 is 12.1 Å². The van der Waals surface area contributed by atoms with E-state index >= 15 is 0 Å². The van der Waals surface area contributed by atoms with Crippen LogP contribution in [0, 0.1) is 17.3 Å². The minimum Gasteiger partial charge on any atom is -0.481 e. The Kier molecular flexibility index (Phi) is 5.31. The molecule has 4 aliphatic carbocycles. The number of rotatable bonds is 6. The Hall–Kier alpha value is -3.35. The fourth-order valence-corrected chi connectivity index (χ4v) is 6.81. The van der Waals surface area contributed by atoms with Crippen molar-refractivity contribution in [3.05, 3.63) is 59.7 Å². The van der Waals surface area contributed by atoms with E-state index in [9.17, 15) is 19.5 Å². The van der Waals surface area contributed by atoms with Gasteiger partial charge in [0.1, 0.15) is 6.61 Å². The SMILES string of the molecule is O=C(NC1CCCC1C(=O)N[C@H]1C[C@@H]2C[C@]2(C(=O)O)C1)OCC1c2ccccc2-c2ccccc21. The van der Waals surface area contributed by atoms with Gasteiger partial charge < -0.3 is 20.5 Å². The molecule has 0 spiro atoms. The second kappa shape index (κ2) is 8.40. The van der Waals surface area contributed by atoms with Crippen molar-refractivity contribution in [1.29, 1.82) is 0 Å². The first kappa shape index (κ1) is 22.1. The highest BCUT2D eigenvalue weighted by Gasteiger charge is 2.65. The van der Waals surface area contributed by atoms with Crippen LogP contribution >= 0.6 is 0 Å². The van der Waals surface area contributed by atoms with Gasteiger partial charge in [-0.05, 0) is 60.3 Å². The van der Waals surface area contributed by atoms with Gasteiger partial charge in [0.2, 0.25) is 5.91 Å². The molecular formula is C28H30N2O5. The van der Waals surface area contributed by atoms with Gasteiger partial charge in [0.15, 0.2) is 0 Å². The summed E-state index contributed by atoms with van der Waals surface area (Å²) in [5.74, 6) is -0.962. The third-order valence-electron chi connectivity index (χ3n) is 8.68. The molecular weight excluding hydrogens is 444 g/mol. The number of amides is 2. The molecule has 2 aromatic carbocycles. The number of carbonyl (C=O) groups excluding carboxylic acids is 2. The molecule has 2 unspecified atom stereocenters. The first-order valence-corrected chi connectivity index (χ1v) is 12.6. The number of hydrogen-bond donors (Lipinski definition) is 3. The summed E-state index contributed by atoms with van der Waals surface area (Å²) >= 11 is 0. The Bertz CT molecular complexity index is 1150. The summed E-state index contributed by atoms with van der Waals surface area (Å²) in [7, 11) is 0. The van der Waals surface area contributed by atoms with Gasteiger partial charge in [0, 0.05) is 18.0 Å². The van der Waals surface area contributed by atoms with E-state index in [0.717, 1.165) is 36.8 Å². The average Bonchev–Trinajstić information content (AvgIpc) is 3.17. The molecule has 3 fully saturated rings. The molecule has 2 amide bonds. The lowest BCUT2D eigenvalue weighted by molar-refractivity contribution is -0.144. The van der Waals surface area contributed by atoms with Crippen LogP contribution in [-0.4, -0.2) is 41.8 Å². The number of alkyl carbamates (subject to hydrolysis) is 1. The Morgan fingerprint density at radius 2 is 1.63 bits per heavy atom. The van der Waals surface area contributed by atoms with Crippen LogP contribution in [0.2, 0.25) is 0 Å². The first-order valence-electron chi connectivity index (χ1n) is 12.6. The molecule has 2 aromatic rings. The van der Waals surface area contributed by atoms with Crippen molar-refractivity contribution in [2.45, 2.75) is 56.5 Å². The zero-order valence-electron chi connectivity index (χ0n) is 19.5. The van der Waals surface area contributed by atoms with Crippen molar-refractivity contribution in [3.8, 4) is 11.1 Å². The minimum absolute atomic E-state index is 0.00817. The van der Waals surface area contributed by atoms with Gasteiger partial charge in [-0.15, -0.1) is 0 Å². The van der Waals surface area contributed by atoms with Crippen LogP contribution in [0.1, 0.15) is 55.6 Å². The number of ether oxygens (including phenoxy) is 1. The average molecular weight is 475 g/mol. The molecule has 0 heterocycles. The van der Waals surface area contributed by atoms with E-state index < -0.39 is 17.5 Å². The van der Waals surface area contributed by atoms with Gasteiger partial charge in [0.25, 0.3) is 0 Å². The van der Waals surface area contributed by atoms with Gasteiger partial charge in [-0.3, -0.25) is 9.59 Å². The number of carboxylic acids is 1. The van der Waals surface area contributed by atoms with Crippen LogP contribution in [0.4, 0.5) is 4.79 Å². The summed E-state index contributed by atoms with van der Waals surface area (Å²) in [6.45, 7) is 0.240. The number of carbonyl (C=O) groups is 3. The maximum Gasteiger partial charge on any atom is 0.407 e. The van der Waals surface area contributed by atoms with E-state index in [1.165, 1.54) is 11.1 Å². The third-order valence-corrected chi connectivity index (χ3v) is 8.68. The molecule has 3 saturated carbocycles. The Morgan fingerprint density at radius 1 is 0.943 bits per heavy atom. The molecule has 0 aliphatic heterocycles. The molecule has 182 valence electrons. The van der Waals surface area contributed by atoms with Crippen LogP contribution in [0.25, 0.3) is 11.1 Å². The van der Waals surface area contributed by atoms with E-state index in [1.54, 1.807) is 0 Å². The molecule has 0 aromatic heterocycles. The second-order valence-electron chi connectivity index (χ2n) is 10.6. The van der Waals surface area contributed by atoms with Gasteiger partial charge in [-0.25, -0.2) is 4.79 Å². The van der Waals surface area contributed by atoms with E-state index in [0.29, 0.717) is 12.8 Å². The molecule has 35 heavy (non-hydrogen) atoms. The number of benzene rings is 2. The minimum atomic E-state index is -0.741. The smallest absolute Gasteiger partial charge is 0.407 e. The van der Waals surface area contributed by atoms with Crippen molar-refractivity contribution < 1.29 is 24.2 Å². The van der Waals surface area contributed by atoms with Crippen LogP contribution in [0.3, 0.4) is 0 Å². The molecule has 6 rings (SSSR count). The molecule has 0 radical (unpaired) electrons. The number of hydrogen-bond acceptors (Lipinski definition) is 4. The highest BCUT2D eigenvalue weighted by Crippen LogP contribution is 2.63. The zero-order chi connectivity index (χ0) is 24.2. The molecule has 0 bridgehead atoms. The molecule has 3 N–H and O–H groups in total. The normalized spacial score (nSPS) is 30.2. The highest BCUT2D eigenvalue weighted by atomic mass is 16.5. The number of fused-ring (bicyclic) bond motifs is 4. The van der Waals surface area contributed by atoms with Crippen molar-refractivity contribution in [1.82, 2.24) is 10.6 Å². The quantitative estimate of drug-likeness (QED) is 0.586. The van der Waals surface area contributed by atoms with Crippen LogP contribution in [-0.2, 0) is 14.3 Å². The Balaban J connectivity index is 1.05. The fraction of sp³-hybridized carbons (Fsp3) is 0.464. The topological polar surface area (TPSA) is 105 Å². The monoisotopic (exact) mass is 474 g/mol. The molecule has 7 nitrogen and oxygen atoms in total. The maximum absolute atomic E-state index is 13.0. The summed E-state index contributed by atoms with van der Waals surface area (Å²) in [6.07, 6.45) is 3.77. The lowest BCUT2D eigenvalue weighted by atomic mass is 9.98. The second-order valence-corrected chi connectivity index (χ2v) is 10.6. The summed E-state index contributed by atoms with van der Waals surface area (Å²) in [4.78, 5) is 37.3. The molecule has 0 saturated heterocycles. The first-order chi connectivity index (χ1) is 17.0. The molecule has 5 atom stereocenters. The van der Waals surface area contributed by atoms with E-state index in [1.807, 2.05) is 24.3 Å². The molecule has 4 aliphatic rings. The van der Waals surface area contributed by atoms with Gasteiger partial charge in [0.05, 0.1) is 11.3 Å². The summed E-state index contributed by atoms with van der Waals surface area (Å²) in [6, 6.07) is 16.1. The summed E-state index contributed by atoms with van der Waals surface area (Å²) in [5.41, 5.74) is 4.06. The van der Waals surface area contributed by atoms with Crippen molar-refractivity contribution in [2.24, 2.45) is 17.3 Å². The van der Waals surface area contributed by atoms with Crippen molar-refractivity contribution in [3.63, 3.8) is 0 Å². The lowest BCUT2D eigenvalue weighted by Crippen LogP contribution is -2.46. The predicted molar refractivity (Wildman–Crippen MR) is 129 cm³/mol. The zero-order valence-corrected chi connectivity index (χ0v) is 19.5. The third kappa shape index (κ3) is 3.77. The predicted octanol–water partition coefficient (Wildman–Crippen LogP) is 4.06. The van der Waals surface area contributed by atoms with Crippen LogP contribution < -0.4 is 10.6 Å². The summed E-state index contributed by atoms with van der Waals surface area (Å²) < 4.78 is 5.68. The van der Waals surface area contributed by atoms with E-state index in [2.05, 4.69) is 34.9 Å². The largest absolute Gasteiger partial charge is 0.481 e. The van der Waals surface area contributed by atoms with Crippen LogP contribution in [0.15, 0.2) is 48.5 Å². The van der Waals surface area contributed by atoms with Crippen molar-refractivity contribution in [2.75, 3.05) is 6.61 Å².